The Labute approximate surface area is 112 Å². The second-order valence-electron chi connectivity index (χ2n) is 4.40. The molecule has 0 bridgehead atoms. The van der Waals surface area contributed by atoms with Gasteiger partial charge in [-0.05, 0) is 30.5 Å². The van der Waals surface area contributed by atoms with Crippen LogP contribution >= 0.6 is 0 Å². The fourth-order valence-electron chi connectivity index (χ4n) is 1.75. The average molecular weight is 269 g/mol. The van der Waals surface area contributed by atoms with Gasteiger partial charge in [0.25, 0.3) is 0 Å². The molecular weight excluding hydrogens is 249 g/mol. The standard InChI is InChI=1S/C14H20FNO3/c1-16(14(18)5-3-4-8-17)10-11-6-7-13(19-2)12(15)9-11/h6-7,9,17H,3-5,8,10H2,1-2H3. The Bertz CT molecular complexity index is 423. The number of carbonyl (C=O) groups excluding carboxylic acids is 1. The van der Waals surface area contributed by atoms with Gasteiger partial charge in [0.1, 0.15) is 0 Å². The molecule has 1 aromatic carbocycles. The number of nitrogens with zero attached hydrogens (tertiary/aromatic N) is 1. The van der Waals surface area contributed by atoms with Crippen LogP contribution in [0.3, 0.4) is 0 Å². The first-order valence-corrected chi connectivity index (χ1v) is 6.25. The van der Waals surface area contributed by atoms with Gasteiger partial charge in [0.15, 0.2) is 11.6 Å². The Morgan fingerprint density at radius 3 is 2.74 bits per heavy atom. The number of ether oxygens (including phenoxy) is 1. The number of halogens is 1. The topological polar surface area (TPSA) is 49.8 Å². The van der Waals surface area contributed by atoms with Gasteiger partial charge in [-0.2, -0.15) is 0 Å². The van der Waals surface area contributed by atoms with E-state index in [1.54, 1.807) is 24.1 Å². The summed E-state index contributed by atoms with van der Waals surface area (Å²) in [5.41, 5.74) is 0.719. The molecular formula is C14H20FNO3. The van der Waals surface area contributed by atoms with Gasteiger partial charge in [-0.15, -0.1) is 0 Å². The maximum atomic E-state index is 13.5. The zero-order valence-corrected chi connectivity index (χ0v) is 11.4. The minimum Gasteiger partial charge on any atom is -0.494 e. The number of rotatable bonds is 7. The lowest BCUT2D eigenvalue weighted by Gasteiger charge is -2.17. The lowest BCUT2D eigenvalue weighted by Crippen LogP contribution is -2.25. The molecule has 0 spiro atoms. The smallest absolute Gasteiger partial charge is 0.222 e. The monoisotopic (exact) mass is 269 g/mol. The molecule has 19 heavy (non-hydrogen) atoms. The van der Waals surface area contributed by atoms with Crippen molar-refractivity contribution in [2.24, 2.45) is 0 Å². The summed E-state index contributed by atoms with van der Waals surface area (Å²) in [6.07, 6.45) is 1.68. The fourth-order valence-corrected chi connectivity index (χ4v) is 1.75. The van der Waals surface area contributed by atoms with Gasteiger partial charge in [-0.1, -0.05) is 6.07 Å². The zero-order valence-electron chi connectivity index (χ0n) is 11.4. The number of methoxy groups -OCH3 is 1. The summed E-state index contributed by atoms with van der Waals surface area (Å²) in [5.74, 6) is -0.244. The number of carbonyl (C=O) groups is 1. The molecule has 1 N–H and O–H groups in total. The predicted octanol–water partition coefficient (Wildman–Crippen LogP) is 1.96. The van der Waals surface area contributed by atoms with Crippen LogP contribution in [0.4, 0.5) is 4.39 Å². The van der Waals surface area contributed by atoms with E-state index in [1.165, 1.54) is 13.2 Å². The van der Waals surface area contributed by atoms with Crippen LogP contribution in [-0.2, 0) is 11.3 Å². The summed E-state index contributed by atoms with van der Waals surface area (Å²) in [4.78, 5) is 13.3. The summed E-state index contributed by atoms with van der Waals surface area (Å²) < 4.78 is 18.3. The number of benzene rings is 1. The highest BCUT2D eigenvalue weighted by Gasteiger charge is 2.10. The molecule has 106 valence electrons. The van der Waals surface area contributed by atoms with E-state index in [1.807, 2.05) is 0 Å². The Hall–Kier alpha value is -1.62. The summed E-state index contributed by atoms with van der Waals surface area (Å²) in [6.45, 7) is 0.458. The van der Waals surface area contributed by atoms with E-state index in [-0.39, 0.29) is 18.3 Å². The molecule has 0 aliphatic rings. The van der Waals surface area contributed by atoms with E-state index < -0.39 is 5.82 Å². The second-order valence-corrected chi connectivity index (χ2v) is 4.40. The van der Waals surface area contributed by atoms with Crippen LogP contribution in [0.5, 0.6) is 5.75 Å². The van der Waals surface area contributed by atoms with Crippen molar-refractivity contribution in [1.82, 2.24) is 4.90 Å². The van der Waals surface area contributed by atoms with Gasteiger partial charge >= 0.3 is 0 Å². The molecule has 0 saturated heterocycles. The summed E-state index contributed by atoms with van der Waals surface area (Å²) in [7, 11) is 3.10. The minimum absolute atomic E-state index is 0.00956. The summed E-state index contributed by atoms with van der Waals surface area (Å²) in [5, 5.41) is 8.65. The molecule has 0 aromatic heterocycles. The average Bonchev–Trinajstić information content (AvgIpc) is 2.39. The summed E-state index contributed by atoms with van der Waals surface area (Å²) >= 11 is 0. The fraction of sp³-hybridized carbons (Fsp3) is 0.500. The maximum absolute atomic E-state index is 13.5. The third-order valence-electron chi connectivity index (χ3n) is 2.86. The molecule has 0 saturated carbocycles. The van der Waals surface area contributed by atoms with E-state index in [9.17, 15) is 9.18 Å². The molecule has 0 fully saturated rings. The van der Waals surface area contributed by atoms with Gasteiger partial charge in [0, 0.05) is 26.6 Å². The first kappa shape index (κ1) is 15.4. The minimum atomic E-state index is -0.430. The van der Waals surface area contributed by atoms with Crippen molar-refractivity contribution in [2.75, 3.05) is 20.8 Å². The zero-order chi connectivity index (χ0) is 14.3. The largest absolute Gasteiger partial charge is 0.494 e. The third kappa shape index (κ3) is 4.87. The van der Waals surface area contributed by atoms with Crippen LogP contribution < -0.4 is 4.74 Å². The van der Waals surface area contributed by atoms with Crippen molar-refractivity contribution in [3.63, 3.8) is 0 Å². The number of hydrogen-bond acceptors (Lipinski definition) is 3. The van der Waals surface area contributed by atoms with E-state index in [0.717, 1.165) is 5.56 Å². The van der Waals surface area contributed by atoms with E-state index in [4.69, 9.17) is 9.84 Å². The molecule has 0 radical (unpaired) electrons. The van der Waals surface area contributed by atoms with E-state index >= 15 is 0 Å². The molecule has 0 aliphatic carbocycles. The normalized spacial score (nSPS) is 10.3. The van der Waals surface area contributed by atoms with Crippen LogP contribution in [0.25, 0.3) is 0 Å². The molecule has 5 heteroatoms. The second kappa shape index (κ2) is 7.74. The highest BCUT2D eigenvalue weighted by Crippen LogP contribution is 2.18. The number of hydrogen-bond donors (Lipinski definition) is 1. The van der Waals surface area contributed by atoms with Crippen LogP contribution in [0.2, 0.25) is 0 Å². The van der Waals surface area contributed by atoms with Crippen LogP contribution in [0.1, 0.15) is 24.8 Å². The van der Waals surface area contributed by atoms with Crippen molar-refractivity contribution in [2.45, 2.75) is 25.8 Å². The Morgan fingerprint density at radius 2 is 2.16 bits per heavy atom. The quantitative estimate of drug-likeness (QED) is 0.770. The number of aliphatic hydroxyl groups excluding tert-OH is 1. The molecule has 0 aliphatic heterocycles. The highest BCUT2D eigenvalue weighted by atomic mass is 19.1. The number of amides is 1. The van der Waals surface area contributed by atoms with Gasteiger partial charge in [-0.25, -0.2) is 4.39 Å². The number of unbranched alkanes of at least 4 members (excludes halogenated alkanes) is 1. The SMILES string of the molecule is COc1ccc(CN(C)C(=O)CCCCO)cc1F. The van der Waals surface area contributed by atoms with Crippen molar-refractivity contribution in [3.05, 3.63) is 29.6 Å². The van der Waals surface area contributed by atoms with Crippen molar-refractivity contribution >= 4 is 5.91 Å². The molecule has 1 aromatic rings. The molecule has 1 rings (SSSR count). The predicted molar refractivity (Wildman–Crippen MR) is 70.4 cm³/mol. The Kier molecular flexibility index (Phi) is 6.29. The first-order valence-electron chi connectivity index (χ1n) is 6.25. The van der Waals surface area contributed by atoms with Gasteiger partial charge in [0.05, 0.1) is 7.11 Å². The van der Waals surface area contributed by atoms with Gasteiger partial charge < -0.3 is 14.7 Å². The van der Waals surface area contributed by atoms with E-state index in [0.29, 0.717) is 25.8 Å². The van der Waals surface area contributed by atoms with Gasteiger partial charge in [-0.3, -0.25) is 4.79 Å². The highest BCUT2D eigenvalue weighted by molar-refractivity contribution is 5.75. The summed E-state index contributed by atoms with van der Waals surface area (Å²) in [6, 6.07) is 4.66. The lowest BCUT2D eigenvalue weighted by molar-refractivity contribution is -0.130. The van der Waals surface area contributed by atoms with Crippen LogP contribution in [0, 0.1) is 5.82 Å². The third-order valence-corrected chi connectivity index (χ3v) is 2.86. The molecule has 4 nitrogen and oxygen atoms in total. The molecule has 0 heterocycles. The van der Waals surface area contributed by atoms with Crippen LogP contribution in [0.15, 0.2) is 18.2 Å². The molecule has 1 amide bonds. The van der Waals surface area contributed by atoms with Gasteiger partial charge in [0.2, 0.25) is 5.91 Å². The Morgan fingerprint density at radius 1 is 1.42 bits per heavy atom. The van der Waals surface area contributed by atoms with Crippen molar-refractivity contribution < 1.29 is 19.0 Å². The van der Waals surface area contributed by atoms with Crippen LogP contribution in [-0.4, -0.2) is 36.7 Å². The van der Waals surface area contributed by atoms with Crippen molar-refractivity contribution in [3.8, 4) is 5.75 Å². The van der Waals surface area contributed by atoms with Crippen molar-refractivity contribution in [1.29, 1.82) is 0 Å². The van der Waals surface area contributed by atoms with E-state index in [2.05, 4.69) is 0 Å². The molecule has 0 unspecified atom stereocenters. The Balaban J connectivity index is 2.54. The lowest BCUT2D eigenvalue weighted by atomic mass is 10.2. The number of aliphatic hydroxyl groups is 1. The molecule has 0 atom stereocenters. The maximum Gasteiger partial charge on any atom is 0.222 e. The first-order chi connectivity index (χ1) is 9.08.